The van der Waals surface area contributed by atoms with Crippen LogP contribution >= 0.6 is 0 Å². The predicted molar refractivity (Wildman–Crippen MR) is 104 cm³/mol. The van der Waals surface area contributed by atoms with Crippen molar-refractivity contribution in [3.63, 3.8) is 0 Å². The smallest absolute Gasteiger partial charge is 0.422 e. The first kappa shape index (κ1) is 22.2. The second kappa shape index (κ2) is 9.99. The third-order valence-corrected chi connectivity index (χ3v) is 4.78. The highest BCUT2D eigenvalue weighted by atomic mass is 19.4. The molecule has 0 aliphatic carbocycles. The van der Waals surface area contributed by atoms with Crippen molar-refractivity contribution >= 4 is 16.9 Å². The number of alkyl carbamates (subject to hydrolysis) is 1. The zero-order chi connectivity index (χ0) is 21.6. The van der Waals surface area contributed by atoms with Gasteiger partial charge in [-0.15, -0.1) is 0 Å². The zero-order valence-corrected chi connectivity index (χ0v) is 16.5. The van der Waals surface area contributed by atoms with Gasteiger partial charge in [0.25, 0.3) is 0 Å². The Morgan fingerprint density at radius 3 is 2.67 bits per heavy atom. The van der Waals surface area contributed by atoms with Gasteiger partial charge in [0.2, 0.25) is 0 Å². The number of nitrogens with one attached hydrogen (secondary N) is 1. The summed E-state index contributed by atoms with van der Waals surface area (Å²) in [7, 11) is 1.63. The van der Waals surface area contributed by atoms with Gasteiger partial charge in [0.05, 0.1) is 20.3 Å². The molecule has 0 spiro atoms. The van der Waals surface area contributed by atoms with Crippen molar-refractivity contribution in [2.45, 2.75) is 31.2 Å². The van der Waals surface area contributed by atoms with Gasteiger partial charge in [-0.1, -0.05) is 24.3 Å². The summed E-state index contributed by atoms with van der Waals surface area (Å²) in [5, 5.41) is 4.48. The van der Waals surface area contributed by atoms with E-state index in [0.29, 0.717) is 26.1 Å². The summed E-state index contributed by atoms with van der Waals surface area (Å²) in [5.41, 5.74) is 1.14. The van der Waals surface area contributed by atoms with Gasteiger partial charge in [-0.05, 0) is 34.9 Å². The number of ether oxygens (including phenoxy) is 4. The molecule has 6 nitrogen and oxygen atoms in total. The number of halogens is 3. The third-order valence-electron chi connectivity index (χ3n) is 4.78. The van der Waals surface area contributed by atoms with Gasteiger partial charge in [-0.25, -0.2) is 4.79 Å². The predicted octanol–water partition coefficient (Wildman–Crippen LogP) is 4.37. The van der Waals surface area contributed by atoms with Crippen LogP contribution in [0, 0.1) is 0 Å². The van der Waals surface area contributed by atoms with Crippen LogP contribution < -0.4 is 10.1 Å². The number of rotatable bonds is 7. The Bertz CT molecular complexity index is 850. The summed E-state index contributed by atoms with van der Waals surface area (Å²) in [5.74, 6) is 0.889. The Balaban J connectivity index is 1.42. The average Bonchev–Trinajstić information content (AvgIpc) is 2.74. The van der Waals surface area contributed by atoms with Gasteiger partial charge in [-0.2, -0.15) is 13.2 Å². The molecule has 1 amide bonds. The summed E-state index contributed by atoms with van der Waals surface area (Å²) < 4.78 is 56.9. The molecule has 1 fully saturated rings. The van der Waals surface area contributed by atoms with E-state index in [-0.39, 0.29) is 12.5 Å². The number of hydrogen-bond acceptors (Lipinski definition) is 5. The number of hydrogen-bond donors (Lipinski definition) is 1. The second-order valence-electron chi connectivity index (χ2n) is 6.99. The van der Waals surface area contributed by atoms with Crippen molar-refractivity contribution in [1.82, 2.24) is 5.32 Å². The number of amides is 1. The van der Waals surface area contributed by atoms with E-state index < -0.39 is 25.2 Å². The highest BCUT2D eigenvalue weighted by Crippen LogP contribution is 2.31. The minimum atomic E-state index is -4.53. The van der Waals surface area contributed by atoms with E-state index in [4.69, 9.17) is 14.2 Å². The lowest BCUT2D eigenvalue weighted by molar-refractivity contribution is -0.189. The zero-order valence-electron chi connectivity index (χ0n) is 16.5. The molecule has 30 heavy (non-hydrogen) atoms. The van der Waals surface area contributed by atoms with Crippen molar-refractivity contribution in [2.24, 2.45) is 0 Å². The van der Waals surface area contributed by atoms with E-state index in [2.05, 4.69) is 16.1 Å². The van der Waals surface area contributed by atoms with E-state index in [1.807, 2.05) is 30.3 Å². The summed E-state index contributed by atoms with van der Waals surface area (Å²) in [6.07, 6.45) is -5.04. The molecule has 1 saturated heterocycles. The summed E-state index contributed by atoms with van der Waals surface area (Å²) in [6.45, 7) is -0.432. The Morgan fingerprint density at radius 1 is 1.20 bits per heavy atom. The van der Waals surface area contributed by atoms with Crippen molar-refractivity contribution in [3.8, 4) is 5.75 Å². The first-order chi connectivity index (χ1) is 14.4. The maximum atomic E-state index is 12.0. The molecule has 2 aromatic rings. The highest BCUT2D eigenvalue weighted by Gasteiger charge is 2.29. The van der Waals surface area contributed by atoms with Crippen molar-refractivity contribution in [3.05, 3.63) is 42.0 Å². The monoisotopic (exact) mass is 427 g/mol. The van der Waals surface area contributed by atoms with Crippen LogP contribution in [-0.4, -0.2) is 52.0 Å². The van der Waals surface area contributed by atoms with Crippen LogP contribution in [0.5, 0.6) is 5.75 Å². The van der Waals surface area contributed by atoms with Gasteiger partial charge >= 0.3 is 12.3 Å². The molecular weight excluding hydrogens is 403 g/mol. The van der Waals surface area contributed by atoms with Crippen LogP contribution in [0.1, 0.15) is 24.3 Å². The standard InChI is InChI=1S/C21H24F3NO5/c1-27-16-7-8-18-14(10-16)4-2-5-17(18)15-11-28-19(29-12-15)6-3-9-25-20(26)30-13-21(22,23)24/h2,4-5,7-8,10,15,19H,3,6,9,11-13H2,1H3,(H,25,26)/t15-,19-. The van der Waals surface area contributed by atoms with Crippen LogP contribution in [0.15, 0.2) is 36.4 Å². The number of alkyl halides is 3. The maximum Gasteiger partial charge on any atom is 0.422 e. The molecular formula is C21H24F3NO5. The lowest BCUT2D eigenvalue weighted by atomic mass is 9.94. The number of benzene rings is 2. The lowest BCUT2D eigenvalue weighted by Gasteiger charge is -2.30. The fraction of sp³-hybridized carbons (Fsp3) is 0.476. The number of carbonyl (C=O) groups is 1. The van der Waals surface area contributed by atoms with Crippen LogP contribution in [0.3, 0.4) is 0 Å². The van der Waals surface area contributed by atoms with E-state index in [1.165, 1.54) is 0 Å². The Morgan fingerprint density at radius 2 is 1.97 bits per heavy atom. The third kappa shape index (κ3) is 6.24. The quantitative estimate of drug-likeness (QED) is 0.665. The molecule has 1 N–H and O–H groups in total. The Labute approximate surface area is 172 Å². The molecule has 3 rings (SSSR count). The van der Waals surface area contributed by atoms with Gasteiger partial charge in [0.15, 0.2) is 12.9 Å². The molecule has 9 heteroatoms. The van der Waals surface area contributed by atoms with Crippen LogP contribution in [0.25, 0.3) is 10.8 Å². The van der Waals surface area contributed by atoms with Crippen LogP contribution in [0.2, 0.25) is 0 Å². The molecule has 0 radical (unpaired) electrons. The highest BCUT2D eigenvalue weighted by molar-refractivity contribution is 5.87. The fourth-order valence-corrected chi connectivity index (χ4v) is 3.32. The first-order valence-electron chi connectivity index (χ1n) is 9.63. The van der Waals surface area contributed by atoms with E-state index in [9.17, 15) is 18.0 Å². The van der Waals surface area contributed by atoms with E-state index >= 15 is 0 Å². The Hall–Kier alpha value is -2.52. The van der Waals surface area contributed by atoms with Crippen LogP contribution in [-0.2, 0) is 14.2 Å². The van der Waals surface area contributed by atoms with Crippen molar-refractivity contribution < 1.29 is 36.9 Å². The molecule has 1 aliphatic rings. The van der Waals surface area contributed by atoms with Gasteiger partial charge in [0.1, 0.15) is 5.75 Å². The van der Waals surface area contributed by atoms with E-state index in [0.717, 1.165) is 22.1 Å². The average molecular weight is 427 g/mol. The molecule has 0 atom stereocenters. The minimum absolute atomic E-state index is 0.0915. The fourth-order valence-electron chi connectivity index (χ4n) is 3.32. The second-order valence-corrected chi connectivity index (χ2v) is 6.99. The number of fused-ring (bicyclic) bond motifs is 1. The first-order valence-corrected chi connectivity index (χ1v) is 9.63. The summed E-state index contributed by atoms with van der Waals surface area (Å²) in [6, 6.07) is 12.0. The number of methoxy groups -OCH3 is 1. The molecule has 1 heterocycles. The summed E-state index contributed by atoms with van der Waals surface area (Å²) >= 11 is 0. The van der Waals surface area contributed by atoms with Gasteiger partial charge < -0.3 is 24.3 Å². The molecule has 0 aromatic heterocycles. The van der Waals surface area contributed by atoms with Gasteiger partial charge in [-0.3, -0.25) is 0 Å². The lowest BCUT2D eigenvalue weighted by Crippen LogP contribution is -2.33. The van der Waals surface area contributed by atoms with Crippen LogP contribution in [0.4, 0.5) is 18.0 Å². The summed E-state index contributed by atoms with van der Waals surface area (Å²) in [4.78, 5) is 11.2. The molecule has 0 saturated carbocycles. The molecule has 1 aliphatic heterocycles. The molecule has 2 aromatic carbocycles. The molecule has 0 unspecified atom stereocenters. The largest absolute Gasteiger partial charge is 0.497 e. The minimum Gasteiger partial charge on any atom is -0.497 e. The maximum absolute atomic E-state index is 12.0. The normalized spacial score (nSPS) is 19.5. The molecule has 164 valence electrons. The van der Waals surface area contributed by atoms with Crippen molar-refractivity contribution in [1.29, 1.82) is 0 Å². The Kier molecular flexibility index (Phi) is 7.38. The topological polar surface area (TPSA) is 66.0 Å². The SMILES string of the molecule is COc1ccc2c(cccc2[C@H]2CO[C@H](CCCNC(=O)OCC(F)(F)F)OC2)c1. The van der Waals surface area contributed by atoms with Gasteiger partial charge in [0, 0.05) is 18.9 Å². The number of carbonyl (C=O) groups excluding carboxylic acids is 1. The molecule has 0 bridgehead atoms. The van der Waals surface area contributed by atoms with E-state index in [1.54, 1.807) is 7.11 Å². The van der Waals surface area contributed by atoms with Crippen molar-refractivity contribution in [2.75, 3.05) is 33.5 Å².